The number of nitrogens with zero attached hydrogens (tertiary/aromatic N) is 2. The Kier molecular flexibility index (Phi) is 5.74. The van der Waals surface area contributed by atoms with E-state index in [9.17, 15) is 5.11 Å². The van der Waals surface area contributed by atoms with E-state index in [2.05, 4.69) is 63.9 Å². The van der Waals surface area contributed by atoms with Gasteiger partial charge in [0.25, 0.3) is 0 Å². The number of phenols is 1. The zero-order chi connectivity index (χ0) is 18.5. The molecule has 26 heavy (non-hydrogen) atoms. The van der Waals surface area contributed by atoms with Crippen LogP contribution in [0, 0.1) is 0 Å². The van der Waals surface area contributed by atoms with Gasteiger partial charge in [0, 0.05) is 33.7 Å². The highest BCUT2D eigenvalue weighted by molar-refractivity contribution is 9.10. The van der Waals surface area contributed by atoms with Gasteiger partial charge < -0.3 is 10.0 Å². The molecule has 0 aliphatic rings. The predicted molar refractivity (Wildman–Crippen MR) is 113 cm³/mol. The molecule has 0 atom stereocenters. The first-order chi connectivity index (χ1) is 12.5. The number of benzene rings is 3. The smallest absolute Gasteiger partial charge is 0.124 e. The van der Waals surface area contributed by atoms with Crippen molar-refractivity contribution < 1.29 is 5.11 Å². The Morgan fingerprint density at radius 2 is 1.58 bits per heavy atom. The molecule has 0 heterocycles. The van der Waals surface area contributed by atoms with Crippen molar-refractivity contribution in [1.29, 1.82) is 0 Å². The Hall–Kier alpha value is -2.59. The van der Waals surface area contributed by atoms with Gasteiger partial charge in [-0.2, -0.15) is 0 Å². The fraction of sp³-hybridized carbons (Fsp3) is 0.136. The minimum Gasteiger partial charge on any atom is -0.507 e. The normalized spacial score (nSPS) is 11.2. The third-order valence-electron chi connectivity index (χ3n) is 4.02. The highest BCUT2D eigenvalue weighted by Gasteiger charge is 2.12. The summed E-state index contributed by atoms with van der Waals surface area (Å²) >= 11 is 3.41. The van der Waals surface area contributed by atoms with Crippen LogP contribution in [0.4, 0.5) is 17.1 Å². The molecule has 0 fully saturated rings. The van der Waals surface area contributed by atoms with E-state index in [0.717, 1.165) is 21.5 Å². The van der Waals surface area contributed by atoms with Gasteiger partial charge in [-0.1, -0.05) is 34.1 Å². The first kappa shape index (κ1) is 18.2. The average Bonchev–Trinajstić information content (AvgIpc) is 2.64. The first-order valence-electron chi connectivity index (χ1n) is 8.51. The van der Waals surface area contributed by atoms with Gasteiger partial charge in [0.15, 0.2) is 0 Å². The number of hydrogen-bond acceptors (Lipinski definition) is 3. The second-order valence-corrected chi connectivity index (χ2v) is 7.19. The molecule has 0 spiro atoms. The molecule has 0 aliphatic heterocycles. The summed E-state index contributed by atoms with van der Waals surface area (Å²) in [5.41, 5.74) is 3.80. The highest BCUT2D eigenvalue weighted by Crippen LogP contribution is 2.29. The highest BCUT2D eigenvalue weighted by atomic mass is 79.9. The standard InChI is InChI=1S/C22H21BrN2O/c1-16(2)25(20-6-4-3-5-7-20)21-11-9-19(10-12-21)24-15-17-14-18(23)8-13-22(17)26/h3-16,26H,1-2H3. The number of rotatable bonds is 5. The molecule has 0 saturated carbocycles. The molecule has 0 bridgehead atoms. The van der Waals surface area contributed by atoms with Gasteiger partial charge in [0.1, 0.15) is 5.75 Å². The molecule has 3 nitrogen and oxygen atoms in total. The summed E-state index contributed by atoms with van der Waals surface area (Å²) in [4.78, 5) is 6.76. The molecule has 0 aliphatic carbocycles. The number of hydrogen-bond donors (Lipinski definition) is 1. The van der Waals surface area contributed by atoms with Crippen LogP contribution in [0.1, 0.15) is 19.4 Å². The summed E-state index contributed by atoms with van der Waals surface area (Å²) in [6.45, 7) is 4.35. The van der Waals surface area contributed by atoms with Crippen LogP contribution >= 0.6 is 15.9 Å². The average molecular weight is 409 g/mol. The van der Waals surface area contributed by atoms with Crippen molar-refractivity contribution in [2.45, 2.75) is 19.9 Å². The molecular formula is C22H21BrN2O. The molecule has 3 aromatic carbocycles. The molecule has 132 valence electrons. The molecule has 0 aromatic heterocycles. The minimum absolute atomic E-state index is 0.212. The number of aromatic hydroxyl groups is 1. The van der Waals surface area contributed by atoms with Crippen LogP contribution in [-0.2, 0) is 0 Å². The van der Waals surface area contributed by atoms with E-state index in [1.54, 1.807) is 18.3 Å². The zero-order valence-corrected chi connectivity index (χ0v) is 16.4. The molecule has 0 amide bonds. The van der Waals surface area contributed by atoms with Crippen molar-refractivity contribution in [2.24, 2.45) is 4.99 Å². The Morgan fingerprint density at radius 3 is 2.23 bits per heavy atom. The van der Waals surface area contributed by atoms with Crippen molar-refractivity contribution >= 4 is 39.2 Å². The van der Waals surface area contributed by atoms with Gasteiger partial charge >= 0.3 is 0 Å². The number of anilines is 2. The van der Waals surface area contributed by atoms with Crippen molar-refractivity contribution in [2.75, 3.05) is 4.90 Å². The second-order valence-electron chi connectivity index (χ2n) is 6.28. The van der Waals surface area contributed by atoms with E-state index in [0.29, 0.717) is 11.6 Å². The third kappa shape index (κ3) is 4.33. The minimum atomic E-state index is 0.212. The number of halogens is 1. The maximum atomic E-state index is 9.90. The summed E-state index contributed by atoms with van der Waals surface area (Å²) in [7, 11) is 0. The first-order valence-corrected chi connectivity index (χ1v) is 9.31. The summed E-state index contributed by atoms with van der Waals surface area (Å²) < 4.78 is 0.905. The van der Waals surface area contributed by atoms with E-state index < -0.39 is 0 Å². The zero-order valence-electron chi connectivity index (χ0n) is 14.8. The Balaban J connectivity index is 1.83. The fourth-order valence-corrected chi connectivity index (χ4v) is 3.18. The van der Waals surface area contributed by atoms with Crippen LogP contribution in [-0.4, -0.2) is 17.4 Å². The number of phenolic OH excluding ortho intramolecular Hbond substituents is 1. The number of para-hydroxylation sites is 1. The summed E-state index contributed by atoms with van der Waals surface area (Å²) in [6.07, 6.45) is 1.67. The van der Waals surface area contributed by atoms with Crippen LogP contribution in [0.25, 0.3) is 0 Å². The lowest BCUT2D eigenvalue weighted by atomic mass is 10.2. The summed E-state index contributed by atoms with van der Waals surface area (Å²) in [5, 5.41) is 9.90. The van der Waals surface area contributed by atoms with Gasteiger partial charge in [-0.05, 0) is 68.4 Å². The van der Waals surface area contributed by atoms with Crippen molar-refractivity contribution in [3.63, 3.8) is 0 Å². The van der Waals surface area contributed by atoms with Gasteiger partial charge in [-0.3, -0.25) is 4.99 Å². The van der Waals surface area contributed by atoms with Crippen molar-refractivity contribution in [1.82, 2.24) is 0 Å². The SMILES string of the molecule is CC(C)N(c1ccccc1)c1ccc(N=Cc2cc(Br)ccc2O)cc1. The molecule has 0 unspecified atom stereocenters. The van der Waals surface area contributed by atoms with Crippen molar-refractivity contribution in [3.8, 4) is 5.75 Å². The topological polar surface area (TPSA) is 35.8 Å². The molecule has 1 N–H and O–H groups in total. The molecule has 4 heteroatoms. The lowest BCUT2D eigenvalue weighted by molar-refractivity contribution is 0.474. The Labute approximate surface area is 162 Å². The van der Waals surface area contributed by atoms with E-state index in [-0.39, 0.29) is 5.75 Å². The maximum absolute atomic E-state index is 9.90. The van der Waals surface area contributed by atoms with Crippen LogP contribution in [0.3, 0.4) is 0 Å². The van der Waals surface area contributed by atoms with Crippen LogP contribution < -0.4 is 4.90 Å². The van der Waals surface area contributed by atoms with Crippen LogP contribution in [0.15, 0.2) is 82.3 Å². The number of aliphatic imine (C=N–C) groups is 1. The molecular weight excluding hydrogens is 388 g/mol. The van der Waals surface area contributed by atoms with Crippen LogP contribution in [0.5, 0.6) is 5.75 Å². The third-order valence-corrected chi connectivity index (χ3v) is 4.51. The largest absolute Gasteiger partial charge is 0.507 e. The molecule has 0 saturated heterocycles. The fourth-order valence-electron chi connectivity index (χ4n) is 2.81. The lowest BCUT2D eigenvalue weighted by Crippen LogP contribution is -2.25. The monoisotopic (exact) mass is 408 g/mol. The summed E-state index contributed by atoms with van der Waals surface area (Å²) in [6, 6.07) is 24.1. The van der Waals surface area contributed by atoms with Gasteiger partial charge in [0.05, 0.1) is 5.69 Å². The van der Waals surface area contributed by atoms with E-state index >= 15 is 0 Å². The maximum Gasteiger partial charge on any atom is 0.124 e. The second kappa shape index (κ2) is 8.19. The van der Waals surface area contributed by atoms with E-state index in [4.69, 9.17) is 0 Å². The Morgan fingerprint density at radius 1 is 0.923 bits per heavy atom. The Bertz CT molecular complexity index is 890. The molecule has 3 rings (SSSR count). The van der Waals surface area contributed by atoms with Gasteiger partial charge in [0.2, 0.25) is 0 Å². The van der Waals surface area contributed by atoms with E-state index in [1.165, 1.54) is 0 Å². The molecule has 3 aromatic rings. The predicted octanol–water partition coefficient (Wildman–Crippen LogP) is 6.45. The van der Waals surface area contributed by atoms with Gasteiger partial charge in [-0.25, -0.2) is 0 Å². The van der Waals surface area contributed by atoms with Gasteiger partial charge in [-0.15, -0.1) is 0 Å². The van der Waals surface area contributed by atoms with Crippen molar-refractivity contribution in [3.05, 3.63) is 82.8 Å². The quantitative estimate of drug-likeness (QED) is 0.492. The van der Waals surface area contributed by atoms with Crippen LogP contribution in [0.2, 0.25) is 0 Å². The molecule has 0 radical (unpaired) electrons. The van der Waals surface area contributed by atoms with E-state index in [1.807, 2.05) is 36.4 Å². The lowest BCUT2D eigenvalue weighted by Gasteiger charge is -2.29. The summed E-state index contributed by atoms with van der Waals surface area (Å²) in [5.74, 6) is 0.212.